The Balaban J connectivity index is 1.70. The Kier molecular flexibility index (Phi) is 2.74. The van der Waals surface area contributed by atoms with Crippen LogP contribution in [0.15, 0.2) is 18.2 Å². The lowest BCUT2D eigenvalue weighted by Crippen LogP contribution is -2.29. The van der Waals surface area contributed by atoms with Crippen LogP contribution in [-0.2, 0) is 0 Å². The molecule has 1 aromatic rings. The molecule has 1 aromatic heterocycles. The summed E-state index contributed by atoms with van der Waals surface area (Å²) in [6, 6.07) is 5.54. The summed E-state index contributed by atoms with van der Waals surface area (Å²) in [5.74, 6) is -0.392. The molecule has 2 fully saturated rings. The molecule has 0 aromatic carbocycles. The second-order valence-electron chi connectivity index (χ2n) is 4.90. The van der Waals surface area contributed by atoms with E-state index in [2.05, 4.69) is 15.6 Å². The van der Waals surface area contributed by atoms with Crippen LogP contribution in [0.5, 0.6) is 0 Å². The van der Waals surface area contributed by atoms with Gasteiger partial charge in [0, 0.05) is 12.1 Å². The van der Waals surface area contributed by atoms with Gasteiger partial charge in [0.1, 0.15) is 11.4 Å². The van der Waals surface area contributed by atoms with E-state index in [-0.39, 0.29) is 11.8 Å². The summed E-state index contributed by atoms with van der Waals surface area (Å²) in [5.41, 5.74) is 0.621. The second-order valence-corrected chi connectivity index (χ2v) is 4.90. The maximum Gasteiger partial charge on any atom is 0.270 e. The number of hydrogen-bond acceptors (Lipinski definition) is 3. The zero-order valence-corrected chi connectivity index (χ0v) is 9.98. The van der Waals surface area contributed by atoms with Crippen molar-refractivity contribution < 1.29 is 9.59 Å². The van der Waals surface area contributed by atoms with E-state index in [9.17, 15) is 9.59 Å². The van der Waals surface area contributed by atoms with Crippen molar-refractivity contribution in [3.63, 3.8) is 0 Å². The van der Waals surface area contributed by atoms with Gasteiger partial charge in [0.15, 0.2) is 0 Å². The molecule has 0 bridgehead atoms. The minimum Gasteiger partial charge on any atom is -0.348 e. The molecule has 0 spiro atoms. The zero-order valence-electron chi connectivity index (χ0n) is 9.98. The summed E-state index contributed by atoms with van der Waals surface area (Å²) in [6.45, 7) is 0. The highest BCUT2D eigenvalue weighted by atomic mass is 16.2. The lowest BCUT2D eigenvalue weighted by molar-refractivity contribution is 0.0942. The molecular formula is C13H15N3O2. The van der Waals surface area contributed by atoms with Crippen molar-refractivity contribution in [1.82, 2.24) is 15.6 Å². The molecule has 94 valence electrons. The fourth-order valence-corrected chi connectivity index (χ4v) is 1.66. The van der Waals surface area contributed by atoms with Crippen LogP contribution in [0.2, 0.25) is 0 Å². The van der Waals surface area contributed by atoms with Gasteiger partial charge in [0.05, 0.1) is 0 Å². The van der Waals surface area contributed by atoms with Gasteiger partial charge in [-0.25, -0.2) is 4.98 Å². The Hall–Kier alpha value is -1.91. The molecule has 2 aliphatic carbocycles. The number of hydrogen-bond donors (Lipinski definition) is 2. The molecule has 5 heteroatoms. The molecule has 3 rings (SSSR count). The summed E-state index contributed by atoms with van der Waals surface area (Å²) < 4.78 is 0. The quantitative estimate of drug-likeness (QED) is 0.826. The molecule has 5 nitrogen and oxygen atoms in total. The van der Waals surface area contributed by atoms with E-state index in [0.29, 0.717) is 23.5 Å². The second kappa shape index (κ2) is 4.40. The summed E-state index contributed by atoms with van der Waals surface area (Å²) in [6.07, 6.45) is 4.14. The first-order chi connectivity index (χ1) is 8.72. The van der Waals surface area contributed by atoms with Crippen molar-refractivity contribution in [1.29, 1.82) is 0 Å². The van der Waals surface area contributed by atoms with Crippen molar-refractivity contribution in [3.05, 3.63) is 29.6 Å². The Morgan fingerprint density at radius 2 is 1.39 bits per heavy atom. The van der Waals surface area contributed by atoms with Crippen LogP contribution < -0.4 is 10.6 Å². The van der Waals surface area contributed by atoms with Crippen LogP contribution in [0.3, 0.4) is 0 Å². The third-order valence-corrected chi connectivity index (χ3v) is 3.04. The fraction of sp³-hybridized carbons (Fsp3) is 0.462. The highest BCUT2D eigenvalue weighted by Crippen LogP contribution is 2.20. The van der Waals surface area contributed by atoms with Gasteiger partial charge >= 0.3 is 0 Å². The van der Waals surface area contributed by atoms with Gasteiger partial charge < -0.3 is 10.6 Å². The molecule has 18 heavy (non-hydrogen) atoms. The summed E-state index contributed by atoms with van der Waals surface area (Å²) in [7, 11) is 0. The van der Waals surface area contributed by atoms with Crippen molar-refractivity contribution in [2.75, 3.05) is 0 Å². The SMILES string of the molecule is O=C(NC1CC1)c1cccc(C(=O)NC2CC2)n1. The third-order valence-electron chi connectivity index (χ3n) is 3.04. The smallest absolute Gasteiger partial charge is 0.270 e. The summed E-state index contributed by atoms with van der Waals surface area (Å²) in [5, 5.41) is 5.71. The number of nitrogens with one attached hydrogen (secondary N) is 2. The molecule has 2 saturated carbocycles. The van der Waals surface area contributed by atoms with Crippen LogP contribution in [0.4, 0.5) is 0 Å². The Morgan fingerprint density at radius 3 is 1.78 bits per heavy atom. The molecule has 1 heterocycles. The van der Waals surface area contributed by atoms with E-state index in [0.717, 1.165) is 25.7 Å². The van der Waals surface area contributed by atoms with E-state index in [1.165, 1.54) is 0 Å². The summed E-state index contributed by atoms with van der Waals surface area (Å²) in [4.78, 5) is 27.7. The van der Waals surface area contributed by atoms with Crippen molar-refractivity contribution in [2.45, 2.75) is 37.8 Å². The maximum absolute atomic E-state index is 11.8. The number of nitrogens with zero attached hydrogens (tertiary/aromatic N) is 1. The fourth-order valence-electron chi connectivity index (χ4n) is 1.66. The number of amides is 2. The molecular weight excluding hydrogens is 230 g/mol. The van der Waals surface area contributed by atoms with Crippen molar-refractivity contribution >= 4 is 11.8 Å². The highest BCUT2D eigenvalue weighted by molar-refractivity contribution is 5.96. The largest absolute Gasteiger partial charge is 0.348 e. The van der Waals surface area contributed by atoms with Gasteiger partial charge in [-0.3, -0.25) is 9.59 Å². The van der Waals surface area contributed by atoms with E-state index in [1.54, 1.807) is 18.2 Å². The molecule has 0 radical (unpaired) electrons. The van der Waals surface area contributed by atoms with E-state index in [1.807, 2.05) is 0 Å². The molecule has 0 aliphatic heterocycles. The predicted octanol–water partition coefficient (Wildman–Crippen LogP) is 0.866. The van der Waals surface area contributed by atoms with E-state index >= 15 is 0 Å². The number of pyridine rings is 1. The van der Waals surface area contributed by atoms with Gasteiger partial charge in [0.2, 0.25) is 0 Å². The standard InChI is InChI=1S/C13H15N3O2/c17-12(14-8-4-5-8)10-2-1-3-11(16-10)13(18)15-9-6-7-9/h1-3,8-9H,4-7H2,(H,14,17)(H,15,18). The van der Waals surface area contributed by atoms with Crippen LogP contribution in [0.1, 0.15) is 46.7 Å². The van der Waals surface area contributed by atoms with E-state index < -0.39 is 0 Å². The average molecular weight is 245 g/mol. The minimum absolute atomic E-state index is 0.196. The monoisotopic (exact) mass is 245 g/mol. The number of aromatic nitrogens is 1. The van der Waals surface area contributed by atoms with Crippen LogP contribution >= 0.6 is 0 Å². The lowest BCUT2D eigenvalue weighted by atomic mass is 10.2. The van der Waals surface area contributed by atoms with Gasteiger partial charge in [-0.05, 0) is 37.8 Å². The Morgan fingerprint density at radius 1 is 0.944 bits per heavy atom. The van der Waals surface area contributed by atoms with E-state index in [4.69, 9.17) is 0 Å². The van der Waals surface area contributed by atoms with Crippen LogP contribution in [0.25, 0.3) is 0 Å². The molecule has 2 N–H and O–H groups in total. The summed E-state index contributed by atoms with van der Waals surface area (Å²) >= 11 is 0. The van der Waals surface area contributed by atoms with Gasteiger partial charge in [-0.15, -0.1) is 0 Å². The molecule has 2 aliphatic rings. The van der Waals surface area contributed by atoms with Crippen molar-refractivity contribution in [3.8, 4) is 0 Å². The topological polar surface area (TPSA) is 71.1 Å². The first-order valence-corrected chi connectivity index (χ1v) is 6.31. The van der Waals surface area contributed by atoms with Gasteiger partial charge in [-0.1, -0.05) is 6.07 Å². The predicted molar refractivity (Wildman–Crippen MR) is 65.2 cm³/mol. The first kappa shape index (κ1) is 11.2. The zero-order chi connectivity index (χ0) is 12.5. The maximum atomic E-state index is 11.8. The Bertz CT molecular complexity index is 452. The van der Waals surface area contributed by atoms with Gasteiger partial charge in [0.25, 0.3) is 11.8 Å². The number of rotatable bonds is 4. The lowest BCUT2D eigenvalue weighted by Gasteiger charge is -2.05. The van der Waals surface area contributed by atoms with Gasteiger partial charge in [-0.2, -0.15) is 0 Å². The molecule has 0 atom stereocenters. The number of carbonyl (C=O) groups is 2. The number of carbonyl (C=O) groups excluding carboxylic acids is 2. The normalized spacial score (nSPS) is 18.2. The Labute approximate surface area is 105 Å². The minimum atomic E-state index is -0.196. The first-order valence-electron chi connectivity index (χ1n) is 6.31. The van der Waals surface area contributed by atoms with Crippen LogP contribution in [-0.4, -0.2) is 28.9 Å². The molecule has 0 unspecified atom stereocenters. The highest BCUT2D eigenvalue weighted by Gasteiger charge is 2.26. The molecule has 2 amide bonds. The average Bonchev–Trinajstić information content (AvgIpc) is 3.25. The molecule has 0 saturated heterocycles. The van der Waals surface area contributed by atoms with Crippen molar-refractivity contribution in [2.24, 2.45) is 0 Å². The third kappa shape index (κ3) is 2.67. The van der Waals surface area contributed by atoms with Crippen LogP contribution in [0, 0.1) is 0 Å².